The zero-order valence-electron chi connectivity index (χ0n) is 24.0. The number of benzene rings is 2. The molecular formula is C31H40O8. The molecule has 0 spiro atoms. The van der Waals surface area contributed by atoms with E-state index < -0.39 is 46.4 Å². The fraction of sp³-hybridized carbons (Fsp3) is 0.484. The van der Waals surface area contributed by atoms with E-state index >= 15 is 0 Å². The number of aliphatic hydroxyl groups is 1. The Morgan fingerprint density at radius 2 is 1.59 bits per heavy atom. The van der Waals surface area contributed by atoms with Crippen LogP contribution >= 0.6 is 0 Å². The Morgan fingerprint density at radius 3 is 2.08 bits per heavy atom. The molecule has 0 aliphatic carbocycles. The molecule has 0 aromatic heterocycles. The Labute approximate surface area is 229 Å². The normalized spacial score (nSPS) is 15.6. The van der Waals surface area contributed by atoms with Gasteiger partial charge >= 0.3 is 0 Å². The number of hydrogen-bond donors (Lipinski definition) is 5. The fourth-order valence-electron chi connectivity index (χ4n) is 5.18. The van der Waals surface area contributed by atoms with E-state index in [1.807, 2.05) is 33.8 Å². The largest absolute Gasteiger partial charge is 0.507 e. The number of carbonyl (C=O) groups is 2. The lowest BCUT2D eigenvalue weighted by Gasteiger charge is -2.28. The summed E-state index contributed by atoms with van der Waals surface area (Å²) in [5.74, 6) is -3.47. The predicted molar refractivity (Wildman–Crippen MR) is 148 cm³/mol. The zero-order valence-corrected chi connectivity index (χ0v) is 24.0. The Hall–Kier alpha value is -3.52. The molecule has 1 aliphatic rings. The van der Waals surface area contributed by atoms with Crippen LogP contribution in [0.2, 0.25) is 0 Å². The number of allylic oxidation sites excluding steroid dienone is 2. The van der Waals surface area contributed by atoms with E-state index in [4.69, 9.17) is 4.74 Å². The van der Waals surface area contributed by atoms with Crippen molar-refractivity contribution in [2.24, 2.45) is 5.92 Å². The molecule has 0 amide bonds. The molecule has 3 rings (SSSR count). The molecule has 1 aliphatic heterocycles. The first-order chi connectivity index (χ1) is 18.0. The van der Waals surface area contributed by atoms with Crippen molar-refractivity contribution in [2.45, 2.75) is 92.3 Å². The molecule has 2 aromatic rings. The second-order valence-electron chi connectivity index (χ2n) is 11.7. The number of ketones is 2. The van der Waals surface area contributed by atoms with Crippen LogP contribution in [0.5, 0.6) is 28.7 Å². The fourth-order valence-corrected chi connectivity index (χ4v) is 5.18. The monoisotopic (exact) mass is 540 g/mol. The highest BCUT2D eigenvalue weighted by molar-refractivity contribution is 6.01. The molecule has 2 atom stereocenters. The number of phenols is 4. The predicted octanol–water partition coefficient (Wildman–Crippen LogP) is 5.68. The van der Waals surface area contributed by atoms with Gasteiger partial charge in [-0.05, 0) is 71.9 Å². The van der Waals surface area contributed by atoms with Gasteiger partial charge in [-0.25, -0.2) is 0 Å². The van der Waals surface area contributed by atoms with Crippen LogP contribution in [0.1, 0.15) is 111 Å². The minimum Gasteiger partial charge on any atom is -0.507 e. The van der Waals surface area contributed by atoms with Gasteiger partial charge in [0.25, 0.3) is 0 Å². The zero-order chi connectivity index (χ0) is 29.6. The van der Waals surface area contributed by atoms with Crippen molar-refractivity contribution in [3.63, 3.8) is 0 Å². The lowest BCUT2D eigenvalue weighted by atomic mass is 9.78. The number of ether oxygens (including phenoxy) is 1. The van der Waals surface area contributed by atoms with Crippen LogP contribution in [0.15, 0.2) is 17.7 Å². The Balaban J connectivity index is 2.47. The molecule has 1 heterocycles. The van der Waals surface area contributed by atoms with Crippen LogP contribution < -0.4 is 4.74 Å². The van der Waals surface area contributed by atoms with E-state index in [2.05, 4.69) is 0 Å². The summed E-state index contributed by atoms with van der Waals surface area (Å²) >= 11 is 0. The van der Waals surface area contributed by atoms with Gasteiger partial charge in [0.2, 0.25) is 0 Å². The molecule has 2 aromatic carbocycles. The van der Waals surface area contributed by atoms with E-state index in [9.17, 15) is 35.1 Å². The van der Waals surface area contributed by atoms with E-state index in [1.165, 1.54) is 19.9 Å². The Bertz CT molecular complexity index is 1340. The van der Waals surface area contributed by atoms with Gasteiger partial charge in [-0.15, -0.1) is 0 Å². The molecule has 5 N–H and O–H groups in total. The number of phenolic OH excluding ortho intramolecular Hbond substituents is 4. The first-order valence-electron chi connectivity index (χ1n) is 13.2. The van der Waals surface area contributed by atoms with E-state index in [-0.39, 0.29) is 58.1 Å². The van der Waals surface area contributed by atoms with Gasteiger partial charge in [0.05, 0.1) is 11.2 Å². The smallest absolute Gasteiger partial charge is 0.167 e. The van der Waals surface area contributed by atoms with Gasteiger partial charge < -0.3 is 30.3 Å². The molecule has 8 nitrogen and oxygen atoms in total. The van der Waals surface area contributed by atoms with Gasteiger partial charge in [-0.3, -0.25) is 9.59 Å². The average Bonchev–Trinajstić information content (AvgIpc) is 3.23. The summed E-state index contributed by atoms with van der Waals surface area (Å²) in [5.41, 5.74) is 0.196. The molecule has 0 saturated carbocycles. The van der Waals surface area contributed by atoms with E-state index in [0.717, 1.165) is 5.57 Å². The number of carbonyl (C=O) groups excluding carboxylic acids is 2. The van der Waals surface area contributed by atoms with Crippen LogP contribution in [-0.4, -0.2) is 48.8 Å². The maximum atomic E-state index is 12.6. The average molecular weight is 541 g/mol. The van der Waals surface area contributed by atoms with Gasteiger partial charge in [0, 0.05) is 29.0 Å². The van der Waals surface area contributed by atoms with Crippen molar-refractivity contribution >= 4 is 11.6 Å². The highest BCUT2D eigenvalue weighted by Gasteiger charge is 2.43. The molecule has 0 radical (unpaired) electrons. The lowest BCUT2D eigenvalue weighted by molar-refractivity contribution is -0.0233. The van der Waals surface area contributed by atoms with Crippen LogP contribution in [-0.2, 0) is 12.8 Å². The van der Waals surface area contributed by atoms with Crippen molar-refractivity contribution in [1.82, 2.24) is 0 Å². The Morgan fingerprint density at radius 1 is 0.974 bits per heavy atom. The summed E-state index contributed by atoms with van der Waals surface area (Å²) in [7, 11) is 0. The maximum Gasteiger partial charge on any atom is 0.167 e. The molecule has 0 fully saturated rings. The first-order valence-corrected chi connectivity index (χ1v) is 13.2. The van der Waals surface area contributed by atoms with Crippen molar-refractivity contribution in [3.05, 3.63) is 51.1 Å². The summed E-state index contributed by atoms with van der Waals surface area (Å²) in [4.78, 5) is 25.2. The van der Waals surface area contributed by atoms with Crippen LogP contribution in [0.4, 0.5) is 0 Å². The van der Waals surface area contributed by atoms with E-state index in [0.29, 0.717) is 12.0 Å². The summed E-state index contributed by atoms with van der Waals surface area (Å²) in [5, 5.41) is 56.0. The molecule has 0 saturated heterocycles. The van der Waals surface area contributed by atoms with Crippen LogP contribution in [0, 0.1) is 5.92 Å². The molecule has 0 bridgehead atoms. The number of rotatable bonds is 9. The highest BCUT2D eigenvalue weighted by atomic mass is 16.5. The maximum absolute atomic E-state index is 12.6. The summed E-state index contributed by atoms with van der Waals surface area (Å²) in [6, 6.07) is 1.46. The standard InChI is InChI=1S/C31H40O8/c1-14(2)9-10-18-12-19(16(5)32)27(35)24(26(18)34)20(11-15(3)4)25-29(37)23(17(6)33)28(36)21-13-22(31(7,8)38)39-30(21)25/h9,12,15,20,22,34-38H,10-11,13H2,1-8H3. The third-order valence-corrected chi connectivity index (χ3v) is 7.22. The number of aromatic hydroxyl groups is 4. The minimum atomic E-state index is -1.32. The van der Waals surface area contributed by atoms with Gasteiger partial charge in [-0.2, -0.15) is 0 Å². The number of Topliss-reactive ketones (excluding diaryl/α,β-unsaturated/α-hetero) is 2. The lowest BCUT2D eigenvalue weighted by Crippen LogP contribution is -2.39. The second kappa shape index (κ2) is 10.9. The van der Waals surface area contributed by atoms with Crippen molar-refractivity contribution in [3.8, 4) is 28.7 Å². The second-order valence-corrected chi connectivity index (χ2v) is 11.7. The SMILES string of the molecule is CC(=O)c1cc(CC=C(C)C)c(O)c(C(CC(C)C)c2c(O)c(C(C)=O)c(O)c3c2OC(C(C)(C)O)C3)c1O. The topological polar surface area (TPSA) is 145 Å². The quantitative estimate of drug-likeness (QED) is 0.202. The molecule has 2 unspecified atom stereocenters. The van der Waals surface area contributed by atoms with Crippen molar-refractivity contribution in [2.75, 3.05) is 0 Å². The number of fused-ring (bicyclic) bond motifs is 1. The number of hydrogen-bond acceptors (Lipinski definition) is 8. The van der Waals surface area contributed by atoms with Gasteiger partial charge in [-0.1, -0.05) is 25.5 Å². The van der Waals surface area contributed by atoms with Crippen LogP contribution in [0.3, 0.4) is 0 Å². The molecule has 8 heteroatoms. The summed E-state index contributed by atoms with van der Waals surface area (Å²) < 4.78 is 6.13. The third-order valence-electron chi connectivity index (χ3n) is 7.22. The highest BCUT2D eigenvalue weighted by Crippen LogP contribution is 2.56. The van der Waals surface area contributed by atoms with Gasteiger partial charge in [0.1, 0.15) is 40.4 Å². The summed E-state index contributed by atoms with van der Waals surface area (Å²) in [6.07, 6.45) is 1.74. The van der Waals surface area contributed by atoms with E-state index in [1.54, 1.807) is 13.8 Å². The minimum absolute atomic E-state index is 0.0192. The Kier molecular flexibility index (Phi) is 8.41. The van der Waals surface area contributed by atoms with Gasteiger partial charge in [0.15, 0.2) is 11.6 Å². The third kappa shape index (κ3) is 5.76. The molecule has 39 heavy (non-hydrogen) atoms. The van der Waals surface area contributed by atoms with Crippen molar-refractivity contribution in [1.29, 1.82) is 0 Å². The summed E-state index contributed by atoms with van der Waals surface area (Å²) in [6.45, 7) is 13.3. The van der Waals surface area contributed by atoms with Crippen molar-refractivity contribution < 1.29 is 39.9 Å². The molecular weight excluding hydrogens is 500 g/mol. The first kappa shape index (κ1) is 30.0. The molecule has 212 valence electrons. The van der Waals surface area contributed by atoms with Crippen LogP contribution in [0.25, 0.3) is 0 Å².